The third-order valence-electron chi connectivity index (χ3n) is 2.42. The monoisotopic (exact) mass is 327 g/mol. The quantitative estimate of drug-likeness (QED) is 0.745. The number of anilines is 1. The van der Waals surface area contributed by atoms with Crippen molar-refractivity contribution in [1.82, 2.24) is 10.0 Å². The van der Waals surface area contributed by atoms with Gasteiger partial charge in [0, 0.05) is 18.2 Å². The van der Waals surface area contributed by atoms with E-state index in [0.717, 1.165) is 0 Å². The molecule has 1 rings (SSSR count). The van der Waals surface area contributed by atoms with Crippen LogP contribution in [0.15, 0.2) is 29.2 Å². The molecule has 0 aliphatic heterocycles. The van der Waals surface area contributed by atoms with Crippen molar-refractivity contribution in [1.29, 1.82) is 0 Å². The van der Waals surface area contributed by atoms with Crippen molar-refractivity contribution in [3.05, 3.63) is 24.3 Å². The predicted octanol–water partition coefficient (Wildman–Crippen LogP) is 0.838. The molecule has 1 aromatic rings. The van der Waals surface area contributed by atoms with Crippen molar-refractivity contribution < 1.29 is 18.0 Å². The van der Waals surface area contributed by atoms with E-state index in [1.54, 1.807) is 20.8 Å². The normalized spacial score (nSPS) is 11.8. The van der Waals surface area contributed by atoms with Crippen LogP contribution in [-0.2, 0) is 19.6 Å². The zero-order chi connectivity index (χ0) is 17.0. The van der Waals surface area contributed by atoms with Crippen molar-refractivity contribution in [2.24, 2.45) is 0 Å². The number of carbonyl (C=O) groups is 2. The summed E-state index contributed by atoms with van der Waals surface area (Å²) < 4.78 is 26.3. The molecule has 2 amide bonds. The highest BCUT2D eigenvalue weighted by molar-refractivity contribution is 7.89. The Hall–Kier alpha value is -1.93. The first kappa shape index (κ1) is 18.1. The van der Waals surface area contributed by atoms with Crippen LogP contribution >= 0.6 is 0 Å². The Morgan fingerprint density at radius 2 is 1.64 bits per heavy atom. The minimum absolute atomic E-state index is 0.0187. The molecule has 0 spiro atoms. The number of carbonyl (C=O) groups excluding carboxylic acids is 2. The summed E-state index contributed by atoms with van der Waals surface area (Å²) >= 11 is 0. The third kappa shape index (κ3) is 6.23. The van der Waals surface area contributed by atoms with Crippen molar-refractivity contribution in [2.75, 3.05) is 11.9 Å². The second-order valence-electron chi connectivity index (χ2n) is 5.83. The number of amides is 2. The second-order valence-corrected chi connectivity index (χ2v) is 7.60. The molecular weight excluding hydrogens is 306 g/mol. The summed E-state index contributed by atoms with van der Waals surface area (Å²) in [5, 5.41) is 5.20. The Labute approximate surface area is 130 Å². The summed E-state index contributed by atoms with van der Waals surface area (Å²) in [6.45, 7) is 6.44. The van der Waals surface area contributed by atoms with Gasteiger partial charge >= 0.3 is 0 Å². The van der Waals surface area contributed by atoms with E-state index in [1.807, 2.05) is 0 Å². The van der Waals surface area contributed by atoms with Gasteiger partial charge in [0.2, 0.25) is 21.8 Å². The first-order chi connectivity index (χ1) is 9.99. The van der Waals surface area contributed by atoms with Gasteiger partial charge in [-0.05, 0) is 45.0 Å². The number of rotatable bonds is 5. The number of sulfonamides is 1. The maximum Gasteiger partial charge on any atom is 0.241 e. The molecule has 0 heterocycles. The van der Waals surface area contributed by atoms with Gasteiger partial charge in [0.15, 0.2) is 0 Å². The number of nitrogens with one attached hydrogen (secondary N) is 3. The molecule has 0 fully saturated rings. The summed E-state index contributed by atoms with van der Waals surface area (Å²) in [5.74, 6) is -0.654. The second kappa shape index (κ2) is 6.89. The van der Waals surface area contributed by atoms with Crippen molar-refractivity contribution in [3.63, 3.8) is 0 Å². The van der Waals surface area contributed by atoms with E-state index in [0.29, 0.717) is 5.69 Å². The fourth-order valence-corrected chi connectivity index (χ4v) is 2.61. The van der Waals surface area contributed by atoms with Crippen LogP contribution in [0.3, 0.4) is 0 Å². The van der Waals surface area contributed by atoms with E-state index in [9.17, 15) is 18.0 Å². The van der Waals surface area contributed by atoms with Gasteiger partial charge in [-0.3, -0.25) is 9.59 Å². The van der Waals surface area contributed by atoms with E-state index in [4.69, 9.17) is 0 Å². The smallest absolute Gasteiger partial charge is 0.241 e. The highest BCUT2D eigenvalue weighted by Crippen LogP contribution is 2.13. The fraction of sp³-hybridized carbons (Fsp3) is 0.429. The molecule has 0 atom stereocenters. The average Bonchev–Trinajstić information content (AvgIpc) is 2.34. The standard InChI is InChI=1S/C14H21N3O4S/c1-10(18)16-11-5-7-12(8-6-11)22(20,21)15-9-13(19)17-14(2,3)4/h5-8,15H,9H2,1-4H3,(H,16,18)(H,17,19). The van der Waals surface area contributed by atoms with Gasteiger partial charge in [0.25, 0.3) is 0 Å². The lowest BCUT2D eigenvalue weighted by atomic mass is 10.1. The van der Waals surface area contributed by atoms with Crippen LogP contribution in [0.5, 0.6) is 0 Å². The zero-order valence-corrected chi connectivity index (χ0v) is 13.9. The zero-order valence-electron chi connectivity index (χ0n) is 13.1. The van der Waals surface area contributed by atoms with Gasteiger partial charge in [0.1, 0.15) is 0 Å². The molecule has 0 bridgehead atoms. The number of hydrogen-bond acceptors (Lipinski definition) is 4. The minimum atomic E-state index is -3.78. The van der Waals surface area contributed by atoms with E-state index in [-0.39, 0.29) is 17.3 Å². The molecule has 0 aliphatic carbocycles. The van der Waals surface area contributed by atoms with Crippen molar-refractivity contribution in [3.8, 4) is 0 Å². The van der Waals surface area contributed by atoms with Gasteiger partial charge in [-0.2, -0.15) is 0 Å². The summed E-state index contributed by atoms with van der Waals surface area (Å²) in [5.41, 5.74) is 0.0691. The molecule has 8 heteroatoms. The molecular formula is C14H21N3O4S. The molecule has 7 nitrogen and oxygen atoms in total. The van der Waals surface area contributed by atoms with Crippen LogP contribution in [0.25, 0.3) is 0 Å². The van der Waals surface area contributed by atoms with E-state index >= 15 is 0 Å². The molecule has 22 heavy (non-hydrogen) atoms. The molecule has 0 unspecified atom stereocenters. The number of benzene rings is 1. The highest BCUT2D eigenvalue weighted by Gasteiger charge is 2.18. The molecule has 3 N–H and O–H groups in total. The van der Waals surface area contributed by atoms with Crippen LogP contribution in [0.2, 0.25) is 0 Å². The largest absolute Gasteiger partial charge is 0.350 e. The summed E-state index contributed by atoms with van der Waals surface area (Å²) in [6.07, 6.45) is 0. The minimum Gasteiger partial charge on any atom is -0.350 e. The molecule has 0 saturated heterocycles. The van der Waals surface area contributed by atoms with Gasteiger partial charge in [-0.1, -0.05) is 0 Å². The Kier molecular flexibility index (Phi) is 5.67. The first-order valence-electron chi connectivity index (χ1n) is 6.68. The van der Waals surface area contributed by atoms with E-state index in [1.165, 1.54) is 31.2 Å². The maximum atomic E-state index is 12.1. The maximum absolute atomic E-state index is 12.1. The summed E-state index contributed by atoms with van der Waals surface area (Å²) in [7, 11) is -3.78. The molecule has 0 aromatic heterocycles. The summed E-state index contributed by atoms with van der Waals surface area (Å²) in [4.78, 5) is 22.5. The topological polar surface area (TPSA) is 104 Å². The van der Waals surface area contributed by atoms with Crippen LogP contribution in [0.1, 0.15) is 27.7 Å². The SMILES string of the molecule is CC(=O)Nc1ccc(S(=O)(=O)NCC(=O)NC(C)(C)C)cc1. The fourth-order valence-electron chi connectivity index (χ4n) is 1.63. The van der Waals surface area contributed by atoms with Crippen LogP contribution < -0.4 is 15.4 Å². The van der Waals surface area contributed by atoms with Crippen molar-refractivity contribution in [2.45, 2.75) is 38.1 Å². The van der Waals surface area contributed by atoms with Gasteiger partial charge in [-0.25, -0.2) is 13.1 Å². The van der Waals surface area contributed by atoms with Crippen LogP contribution in [0.4, 0.5) is 5.69 Å². The molecule has 122 valence electrons. The lowest BCUT2D eigenvalue weighted by molar-refractivity contribution is -0.121. The van der Waals surface area contributed by atoms with Gasteiger partial charge in [-0.15, -0.1) is 0 Å². The molecule has 1 aromatic carbocycles. The predicted molar refractivity (Wildman–Crippen MR) is 83.8 cm³/mol. The lowest BCUT2D eigenvalue weighted by Gasteiger charge is -2.20. The van der Waals surface area contributed by atoms with Crippen LogP contribution in [0, 0.1) is 0 Å². The van der Waals surface area contributed by atoms with Crippen LogP contribution in [-0.4, -0.2) is 32.3 Å². The number of hydrogen-bond donors (Lipinski definition) is 3. The first-order valence-corrected chi connectivity index (χ1v) is 8.16. The van der Waals surface area contributed by atoms with E-state index in [2.05, 4.69) is 15.4 Å². The van der Waals surface area contributed by atoms with Gasteiger partial charge < -0.3 is 10.6 Å². The molecule has 0 radical (unpaired) electrons. The lowest BCUT2D eigenvalue weighted by Crippen LogP contribution is -2.45. The highest BCUT2D eigenvalue weighted by atomic mass is 32.2. The third-order valence-corrected chi connectivity index (χ3v) is 3.84. The Morgan fingerprint density at radius 1 is 1.09 bits per heavy atom. The molecule has 0 aliphatic rings. The Bertz CT molecular complexity index is 646. The Balaban J connectivity index is 2.70. The average molecular weight is 327 g/mol. The van der Waals surface area contributed by atoms with E-state index < -0.39 is 21.5 Å². The van der Waals surface area contributed by atoms with Crippen molar-refractivity contribution >= 4 is 27.5 Å². The molecule has 0 saturated carbocycles. The van der Waals surface area contributed by atoms with Gasteiger partial charge in [0.05, 0.1) is 11.4 Å². The summed E-state index contributed by atoms with van der Waals surface area (Å²) in [6, 6.07) is 5.67. The Morgan fingerprint density at radius 3 is 2.09 bits per heavy atom.